The fourth-order valence-corrected chi connectivity index (χ4v) is 2.69. The maximum absolute atomic E-state index is 9.75. The first kappa shape index (κ1) is 20.3. The molecule has 0 amide bonds. The third-order valence-electron chi connectivity index (χ3n) is 3.96. The molecule has 0 aliphatic heterocycles. The second kappa shape index (κ2) is 9.05. The number of fused-ring (bicyclic) bond motifs is 1. The van der Waals surface area contributed by atoms with Gasteiger partial charge in [-0.1, -0.05) is 23.7 Å². The molecule has 0 fully saturated rings. The minimum Gasteiger partial charge on any atom is -0.497 e. The van der Waals surface area contributed by atoms with Crippen molar-refractivity contribution in [1.82, 2.24) is 4.98 Å². The van der Waals surface area contributed by atoms with Gasteiger partial charge in [-0.3, -0.25) is 0 Å². The van der Waals surface area contributed by atoms with Crippen LogP contribution in [0.25, 0.3) is 22.2 Å². The molecule has 5 nitrogen and oxygen atoms in total. The van der Waals surface area contributed by atoms with Crippen LogP contribution in [0.2, 0.25) is 5.02 Å². The Kier molecular flexibility index (Phi) is 7.06. The number of hydrogen-bond acceptors (Lipinski definition) is 5. The number of pyridine rings is 1. The van der Waals surface area contributed by atoms with E-state index in [0.717, 1.165) is 33.6 Å². The third-order valence-corrected chi connectivity index (χ3v) is 4.21. The van der Waals surface area contributed by atoms with Crippen molar-refractivity contribution < 1.29 is 9.84 Å². The predicted molar refractivity (Wildman–Crippen MR) is 110 cm³/mol. The SMILES string of the molecule is COc1ccc2c(NCC(O)CN)cc(-c3ccc(Cl)cc3)nc2c1.Cl. The monoisotopic (exact) mass is 393 g/mol. The van der Waals surface area contributed by atoms with E-state index in [1.807, 2.05) is 48.5 Å². The lowest BCUT2D eigenvalue weighted by Gasteiger charge is -2.15. The predicted octanol–water partition coefficient (Wildman–Crippen LogP) is 3.72. The minimum absolute atomic E-state index is 0. The molecule has 3 rings (SSSR count). The first-order chi connectivity index (χ1) is 12.1. The van der Waals surface area contributed by atoms with Gasteiger partial charge in [-0.05, 0) is 30.3 Å². The summed E-state index contributed by atoms with van der Waals surface area (Å²) in [5.74, 6) is 0.737. The van der Waals surface area contributed by atoms with Crippen LogP contribution < -0.4 is 15.8 Å². The largest absolute Gasteiger partial charge is 0.497 e. The average molecular weight is 394 g/mol. The van der Waals surface area contributed by atoms with Crippen LogP contribution in [-0.2, 0) is 0 Å². The number of ether oxygens (including phenoxy) is 1. The van der Waals surface area contributed by atoms with Gasteiger partial charge in [-0.2, -0.15) is 0 Å². The highest BCUT2D eigenvalue weighted by molar-refractivity contribution is 6.30. The lowest BCUT2D eigenvalue weighted by atomic mass is 10.1. The molecular formula is C19H21Cl2N3O2. The molecule has 1 aromatic heterocycles. The summed E-state index contributed by atoms with van der Waals surface area (Å²) in [6.07, 6.45) is -0.611. The van der Waals surface area contributed by atoms with Gasteiger partial charge in [0.25, 0.3) is 0 Å². The van der Waals surface area contributed by atoms with E-state index in [1.165, 1.54) is 0 Å². The van der Waals surface area contributed by atoms with Crippen molar-refractivity contribution in [2.75, 3.05) is 25.5 Å². The van der Waals surface area contributed by atoms with Crippen molar-refractivity contribution in [1.29, 1.82) is 0 Å². The van der Waals surface area contributed by atoms with E-state index in [0.29, 0.717) is 11.6 Å². The molecular weight excluding hydrogens is 373 g/mol. The Morgan fingerprint density at radius 3 is 2.58 bits per heavy atom. The Balaban J connectivity index is 0.00000243. The highest BCUT2D eigenvalue weighted by atomic mass is 35.5. The van der Waals surface area contributed by atoms with Crippen molar-refractivity contribution in [3.05, 3.63) is 53.6 Å². The second-order valence-electron chi connectivity index (χ2n) is 5.72. The van der Waals surface area contributed by atoms with Gasteiger partial charge < -0.3 is 20.9 Å². The maximum atomic E-state index is 9.75. The van der Waals surface area contributed by atoms with E-state index >= 15 is 0 Å². The molecule has 3 aromatic rings. The number of hydrogen-bond donors (Lipinski definition) is 3. The number of benzene rings is 2. The Hall–Kier alpha value is -2.05. The van der Waals surface area contributed by atoms with Gasteiger partial charge in [-0.25, -0.2) is 4.98 Å². The summed E-state index contributed by atoms with van der Waals surface area (Å²) in [7, 11) is 1.63. The number of aromatic nitrogens is 1. The number of rotatable bonds is 6. The summed E-state index contributed by atoms with van der Waals surface area (Å²) < 4.78 is 5.30. The molecule has 0 bridgehead atoms. The molecule has 2 aromatic carbocycles. The molecule has 138 valence electrons. The van der Waals surface area contributed by atoms with E-state index in [4.69, 9.17) is 27.1 Å². The minimum atomic E-state index is -0.611. The zero-order valence-corrected chi connectivity index (χ0v) is 15.8. The Morgan fingerprint density at radius 2 is 1.92 bits per heavy atom. The molecule has 0 radical (unpaired) electrons. The van der Waals surface area contributed by atoms with Gasteiger partial charge in [0.15, 0.2) is 0 Å². The quantitative estimate of drug-likeness (QED) is 0.594. The molecule has 0 aliphatic rings. The van der Waals surface area contributed by atoms with Crippen LogP contribution in [0.3, 0.4) is 0 Å². The standard InChI is InChI=1S/C19H20ClN3O2.ClH/c1-25-15-6-7-16-18(22-11-14(24)10-21)9-17(23-19(16)8-15)12-2-4-13(20)5-3-12;/h2-9,14,24H,10-11,21H2,1H3,(H,22,23);1H. The van der Waals surface area contributed by atoms with E-state index in [-0.39, 0.29) is 19.0 Å². The van der Waals surface area contributed by atoms with Crippen molar-refractivity contribution in [2.45, 2.75) is 6.10 Å². The molecule has 1 atom stereocenters. The number of halogens is 2. The number of aliphatic hydroxyl groups is 1. The Bertz CT molecular complexity index is 873. The topological polar surface area (TPSA) is 80.4 Å². The van der Waals surface area contributed by atoms with Crippen LogP contribution in [-0.4, -0.2) is 36.4 Å². The zero-order valence-electron chi connectivity index (χ0n) is 14.3. The van der Waals surface area contributed by atoms with Gasteiger partial charge in [0.2, 0.25) is 0 Å². The van der Waals surface area contributed by atoms with Crippen LogP contribution in [0, 0.1) is 0 Å². The number of nitrogens with two attached hydrogens (primary N) is 1. The second-order valence-corrected chi connectivity index (χ2v) is 6.15. The molecule has 0 saturated heterocycles. The lowest BCUT2D eigenvalue weighted by Crippen LogP contribution is -2.27. The molecule has 7 heteroatoms. The lowest BCUT2D eigenvalue weighted by molar-refractivity contribution is 0.196. The summed E-state index contributed by atoms with van der Waals surface area (Å²) in [5.41, 5.74) is 8.94. The van der Waals surface area contributed by atoms with E-state index in [9.17, 15) is 5.11 Å². The highest BCUT2D eigenvalue weighted by Crippen LogP contribution is 2.31. The smallest absolute Gasteiger partial charge is 0.121 e. The number of nitrogens with one attached hydrogen (secondary N) is 1. The number of methoxy groups -OCH3 is 1. The molecule has 0 spiro atoms. The van der Waals surface area contributed by atoms with E-state index < -0.39 is 6.10 Å². The third kappa shape index (κ3) is 4.56. The van der Waals surface area contributed by atoms with E-state index in [1.54, 1.807) is 7.11 Å². The van der Waals surface area contributed by atoms with E-state index in [2.05, 4.69) is 5.32 Å². The molecule has 1 unspecified atom stereocenters. The normalized spacial score (nSPS) is 11.7. The molecule has 4 N–H and O–H groups in total. The average Bonchev–Trinajstić information content (AvgIpc) is 2.65. The Morgan fingerprint density at radius 1 is 1.19 bits per heavy atom. The zero-order chi connectivity index (χ0) is 17.8. The molecule has 0 saturated carbocycles. The van der Waals surface area contributed by atoms with Crippen molar-refractivity contribution in [2.24, 2.45) is 5.73 Å². The van der Waals surface area contributed by atoms with Gasteiger partial charge in [0, 0.05) is 40.8 Å². The fourth-order valence-electron chi connectivity index (χ4n) is 2.56. The van der Waals surface area contributed by atoms with Crippen LogP contribution in [0.1, 0.15) is 0 Å². The fraction of sp³-hybridized carbons (Fsp3) is 0.211. The van der Waals surface area contributed by atoms with Crippen molar-refractivity contribution >= 4 is 40.6 Å². The van der Waals surface area contributed by atoms with Crippen LogP contribution in [0.4, 0.5) is 5.69 Å². The molecule has 1 heterocycles. The summed E-state index contributed by atoms with van der Waals surface area (Å²) in [5, 5.41) is 14.6. The Labute approximate surface area is 163 Å². The number of aliphatic hydroxyl groups excluding tert-OH is 1. The number of anilines is 1. The highest BCUT2D eigenvalue weighted by Gasteiger charge is 2.10. The molecule has 0 aliphatic carbocycles. The van der Waals surface area contributed by atoms with Crippen LogP contribution in [0.15, 0.2) is 48.5 Å². The van der Waals surface area contributed by atoms with Crippen LogP contribution >= 0.6 is 24.0 Å². The van der Waals surface area contributed by atoms with Gasteiger partial charge in [-0.15, -0.1) is 12.4 Å². The van der Waals surface area contributed by atoms with Gasteiger partial charge in [0.1, 0.15) is 5.75 Å². The first-order valence-corrected chi connectivity index (χ1v) is 8.35. The maximum Gasteiger partial charge on any atom is 0.121 e. The van der Waals surface area contributed by atoms with Gasteiger partial charge in [0.05, 0.1) is 24.4 Å². The van der Waals surface area contributed by atoms with Gasteiger partial charge >= 0.3 is 0 Å². The van der Waals surface area contributed by atoms with Crippen molar-refractivity contribution in [3.63, 3.8) is 0 Å². The summed E-state index contributed by atoms with van der Waals surface area (Å²) in [4.78, 5) is 4.74. The van der Waals surface area contributed by atoms with Crippen molar-refractivity contribution in [3.8, 4) is 17.0 Å². The first-order valence-electron chi connectivity index (χ1n) is 7.97. The number of nitrogens with zero attached hydrogens (tertiary/aromatic N) is 1. The summed E-state index contributed by atoms with van der Waals surface area (Å²) in [6, 6.07) is 15.2. The summed E-state index contributed by atoms with van der Waals surface area (Å²) >= 11 is 5.98. The molecule has 26 heavy (non-hydrogen) atoms. The summed E-state index contributed by atoms with van der Waals surface area (Å²) in [6.45, 7) is 0.565. The van der Waals surface area contributed by atoms with Crippen LogP contribution in [0.5, 0.6) is 5.75 Å².